The van der Waals surface area contributed by atoms with Crippen molar-refractivity contribution < 1.29 is 19.4 Å². The Hall–Kier alpha value is -3.44. The Morgan fingerprint density at radius 2 is 1.38 bits per heavy atom. The summed E-state index contributed by atoms with van der Waals surface area (Å²) in [5, 5.41) is 12.2. The first kappa shape index (κ1) is 23.2. The first-order valence-electron chi connectivity index (χ1n) is 10.9. The lowest BCUT2D eigenvalue weighted by molar-refractivity contribution is -0.121. The molecule has 3 aromatic rings. The molecule has 2 N–H and O–H groups in total. The van der Waals surface area contributed by atoms with Crippen molar-refractivity contribution in [2.24, 2.45) is 0 Å². The van der Waals surface area contributed by atoms with Crippen LogP contribution in [0.3, 0.4) is 0 Å². The lowest BCUT2D eigenvalue weighted by atomic mass is 9.99. The van der Waals surface area contributed by atoms with Crippen molar-refractivity contribution >= 4 is 17.6 Å². The Balaban J connectivity index is 1.42. The average molecular weight is 432 g/mol. The number of rotatable bonds is 12. The SMILES string of the molecule is O=C(COCc1ccccc1)Nc1ccccc1CCCCCc1ccccc1C(=O)O. The highest BCUT2D eigenvalue weighted by molar-refractivity contribution is 5.92. The van der Waals surface area contributed by atoms with E-state index in [4.69, 9.17) is 4.74 Å². The zero-order valence-corrected chi connectivity index (χ0v) is 18.1. The second-order valence-corrected chi connectivity index (χ2v) is 7.71. The topological polar surface area (TPSA) is 75.6 Å². The van der Waals surface area contributed by atoms with Crippen LogP contribution in [0.1, 0.15) is 46.3 Å². The van der Waals surface area contributed by atoms with Crippen LogP contribution in [-0.4, -0.2) is 23.6 Å². The molecule has 0 saturated carbocycles. The number of hydrogen-bond donors (Lipinski definition) is 2. The van der Waals surface area contributed by atoms with Gasteiger partial charge in [-0.05, 0) is 54.5 Å². The van der Waals surface area contributed by atoms with Gasteiger partial charge in [-0.25, -0.2) is 4.79 Å². The van der Waals surface area contributed by atoms with Crippen LogP contribution in [0.4, 0.5) is 5.69 Å². The van der Waals surface area contributed by atoms with Crippen molar-refractivity contribution in [3.05, 3.63) is 101 Å². The van der Waals surface area contributed by atoms with Gasteiger partial charge in [0.2, 0.25) is 5.91 Å². The summed E-state index contributed by atoms with van der Waals surface area (Å²) in [6.45, 7) is 0.410. The second-order valence-electron chi connectivity index (χ2n) is 7.71. The fourth-order valence-corrected chi connectivity index (χ4v) is 3.64. The minimum Gasteiger partial charge on any atom is -0.478 e. The monoisotopic (exact) mass is 431 g/mol. The summed E-state index contributed by atoms with van der Waals surface area (Å²) in [6.07, 6.45) is 4.47. The van der Waals surface area contributed by atoms with E-state index < -0.39 is 5.97 Å². The Kier molecular flexibility index (Phi) is 9.02. The zero-order chi connectivity index (χ0) is 22.6. The number of ether oxygens (including phenoxy) is 1. The van der Waals surface area contributed by atoms with Crippen molar-refractivity contribution in [1.82, 2.24) is 0 Å². The molecule has 32 heavy (non-hydrogen) atoms. The predicted molar refractivity (Wildman–Crippen MR) is 126 cm³/mol. The van der Waals surface area contributed by atoms with Gasteiger partial charge in [-0.3, -0.25) is 4.79 Å². The van der Waals surface area contributed by atoms with Crippen LogP contribution in [0, 0.1) is 0 Å². The molecule has 0 radical (unpaired) electrons. The van der Waals surface area contributed by atoms with Crippen LogP contribution in [0.25, 0.3) is 0 Å². The van der Waals surface area contributed by atoms with Gasteiger partial charge in [0, 0.05) is 5.69 Å². The molecule has 0 atom stereocenters. The number of benzene rings is 3. The normalized spacial score (nSPS) is 10.6. The lowest BCUT2D eigenvalue weighted by Crippen LogP contribution is -2.19. The molecule has 5 nitrogen and oxygen atoms in total. The van der Waals surface area contributed by atoms with Gasteiger partial charge in [-0.1, -0.05) is 73.2 Å². The molecule has 0 aliphatic heterocycles. The molecule has 0 aromatic heterocycles. The number of nitrogens with one attached hydrogen (secondary N) is 1. The summed E-state index contributed by atoms with van der Waals surface area (Å²) >= 11 is 0. The van der Waals surface area contributed by atoms with Crippen LogP contribution in [0.2, 0.25) is 0 Å². The molecule has 0 saturated heterocycles. The van der Waals surface area contributed by atoms with E-state index in [2.05, 4.69) is 5.32 Å². The molecule has 5 heteroatoms. The van der Waals surface area contributed by atoms with E-state index in [9.17, 15) is 14.7 Å². The molecular formula is C27H29NO4. The summed E-state index contributed by atoms with van der Waals surface area (Å²) in [6, 6.07) is 24.8. The van der Waals surface area contributed by atoms with Gasteiger partial charge >= 0.3 is 5.97 Å². The maximum atomic E-state index is 12.3. The van der Waals surface area contributed by atoms with E-state index >= 15 is 0 Å². The van der Waals surface area contributed by atoms with Crippen LogP contribution in [0.15, 0.2) is 78.9 Å². The number of carboxylic acids is 1. The molecule has 0 bridgehead atoms. The van der Waals surface area contributed by atoms with Gasteiger partial charge in [-0.15, -0.1) is 0 Å². The molecule has 3 rings (SSSR count). The highest BCUT2D eigenvalue weighted by atomic mass is 16.5. The van der Waals surface area contributed by atoms with Gasteiger partial charge in [-0.2, -0.15) is 0 Å². The number of unbranched alkanes of at least 4 members (excludes halogenated alkanes) is 2. The Morgan fingerprint density at radius 3 is 2.12 bits per heavy atom. The summed E-state index contributed by atoms with van der Waals surface area (Å²) in [4.78, 5) is 23.6. The molecule has 0 fully saturated rings. The predicted octanol–water partition coefficient (Wildman–Crippen LogP) is 5.50. The molecule has 0 aliphatic rings. The van der Waals surface area contributed by atoms with E-state index in [-0.39, 0.29) is 12.5 Å². The van der Waals surface area contributed by atoms with Gasteiger partial charge < -0.3 is 15.2 Å². The summed E-state index contributed by atoms with van der Waals surface area (Å²) in [5.74, 6) is -1.04. The Morgan fingerprint density at radius 1 is 0.750 bits per heavy atom. The number of aryl methyl sites for hydroxylation is 2. The van der Waals surface area contributed by atoms with Crippen LogP contribution >= 0.6 is 0 Å². The van der Waals surface area contributed by atoms with Crippen molar-refractivity contribution in [1.29, 1.82) is 0 Å². The molecule has 166 valence electrons. The number of carbonyl (C=O) groups excluding carboxylic acids is 1. The number of aromatic carboxylic acids is 1. The molecule has 0 heterocycles. The maximum absolute atomic E-state index is 12.3. The summed E-state index contributed by atoms with van der Waals surface area (Å²) in [7, 11) is 0. The van der Waals surface area contributed by atoms with Crippen LogP contribution in [-0.2, 0) is 29.0 Å². The summed E-state index contributed by atoms with van der Waals surface area (Å²) < 4.78 is 5.52. The molecule has 1 amide bonds. The van der Waals surface area contributed by atoms with Gasteiger partial charge in [0.05, 0.1) is 12.2 Å². The van der Waals surface area contributed by atoms with Crippen molar-refractivity contribution in [2.45, 2.75) is 38.7 Å². The second kappa shape index (κ2) is 12.4. The number of amides is 1. The van der Waals surface area contributed by atoms with Crippen LogP contribution < -0.4 is 5.32 Å². The molecule has 3 aromatic carbocycles. The molecule has 0 unspecified atom stereocenters. The van der Waals surface area contributed by atoms with Crippen molar-refractivity contribution in [2.75, 3.05) is 11.9 Å². The van der Waals surface area contributed by atoms with E-state index in [1.807, 2.05) is 66.7 Å². The van der Waals surface area contributed by atoms with E-state index in [1.165, 1.54) is 0 Å². The van der Waals surface area contributed by atoms with Crippen LogP contribution in [0.5, 0.6) is 0 Å². The average Bonchev–Trinajstić information content (AvgIpc) is 2.81. The third-order valence-electron chi connectivity index (χ3n) is 5.28. The minimum atomic E-state index is -0.877. The van der Waals surface area contributed by atoms with Crippen molar-refractivity contribution in [3.8, 4) is 0 Å². The third kappa shape index (κ3) is 7.36. The number of para-hydroxylation sites is 1. The highest BCUT2D eigenvalue weighted by Gasteiger charge is 2.09. The lowest BCUT2D eigenvalue weighted by Gasteiger charge is -2.12. The van der Waals surface area contributed by atoms with E-state index in [0.29, 0.717) is 12.2 Å². The quantitative estimate of drug-likeness (QED) is 0.372. The maximum Gasteiger partial charge on any atom is 0.335 e. The standard InChI is InChI=1S/C27H29NO4/c29-26(20-32-19-21-11-3-1-4-12-21)28-25-18-10-8-16-23(25)15-6-2-5-13-22-14-7-9-17-24(22)27(30)31/h1,3-4,7-12,14,16-18H,2,5-6,13,15,19-20H2,(H,28,29)(H,30,31). The van der Waals surface area contributed by atoms with Gasteiger partial charge in [0.15, 0.2) is 0 Å². The molecular weight excluding hydrogens is 402 g/mol. The smallest absolute Gasteiger partial charge is 0.335 e. The fourth-order valence-electron chi connectivity index (χ4n) is 3.64. The number of anilines is 1. The van der Waals surface area contributed by atoms with Gasteiger partial charge in [0.1, 0.15) is 6.61 Å². The largest absolute Gasteiger partial charge is 0.478 e. The first-order chi connectivity index (χ1) is 15.6. The summed E-state index contributed by atoms with van der Waals surface area (Å²) in [5.41, 5.74) is 4.21. The zero-order valence-electron chi connectivity index (χ0n) is 18.1. The number of carbonyl (C=O) groups is 2. The number of hydrogen-bond acceptors (Lipinski definition) is 3. The van der Waals surface area contributed by atoms with E-state index in [1.54, 1.807) is 12.1 Å². The highest BCUT2D eigenvalue weighted by Crippen LogP contribution is 2.19. The molecule has 0 spiro atoms. The number of carboxylic acid groups (broad SMARTS) is 1. The minimum absolute atomic E-state index is 0.00617. The van der Waals surface area contributed by atoms with Gasteiger partial charge in [0.25, 0.3) is 0 Å². The fraction of sp³-hybridized carbons (Fsp3) is 0.259. The molecule has 0 aliphatic carbocycles. The van der Waals surface area contributed by atoms with Crippen molar-refractivity contribution in [3.63, 3.8) is 0 Å². The third-order valence-corrected chi connectivity index (χ3v) is 5.28. The van der Waals surface area contributed by atoms with E-state index in [0.717, 1.165) is 54.5 Å². The Labute approximate surface area is 189 Å². The Bertz CT molecular complexity index is 1020. The first-order valence-corrected chi connectivity index (χ1v) is 10.9.